The Balaban J connectivity index is 1.35. The maximum Gasteiger partial charge on any atom is 0.325 e. The highest BCUT2D eigenvalue weighted by Crippen LogP contribution is 2.15. The molecule has 0 saturated carbocycles. The molecule has 0 spiro atoms. The molecule has 0 unspecified atom stereocenters. The van der Waals surface area contributed by atoms with Crippen LogP contribution in [0, 0.1) is 0 Å². The molecule has 1 saturated heterocycles. The molecule has 2 amide bonds. The summed E-state index contributed by atoms with van der Waals surface area (Å²) in [6, 6.07) is 16.6. The smallest absolute Gasteiger partial charge is 0.325 e. The number of hydrogen-bond donors (Lipinski definition) is 1. The molecule has 8 heteroatoms. The molecule has 164 valence electrons. The number of hydrogen-bond acceptors (Lipinski definition) is 6. The molecule has 0 atom stereocenters. The molecule has 31 heavy (non-hydrogen) atoms. The molecular formula is C23H27N3O5. The Labute approximate surface area is 181 Å². The fourth-order valence-corrected chi connectivity index (χ4v) is 3.26. The summed E-state index contributed by atoms with van der Waals surface area (Å²) in [4.78, 5) is 40.2. The van der Waals surface area contributed by atoms with Crippen molar-refractivity contribution in [3.8, 4) is 5.75 Å². The number of benzene rings is 2. The van der Waals surface area contributed by atoms with Gasteiger partial charge < -0.3 is 24.6 Å². The lowest BCUT2D eigenvalue weighted by Gasteiger charge is -2.36. The number of esters is 1. The monoisotopic (exact) mass is 425 g/mol. The van der Waals surface area contributed by atoms with Crippen molar-refractivity contribution in [1.29, 1.82) is 0 Å². The Hall–Kier alpha value is -3.55. The minimum atomic E-state index is -0.657. The number of amides is 2. The molecule has 3 rings (SSSR count). The molecule has 2 aromatic carbocycles. The van der Waals surface area contributed by atoms with Gasteiger partial charge >= 0.3 is 5.97 Å². The fraction of sp³-hybridized carbons (Fsp3) is 0.348. The summed E-state index contributed by atoms with van der Waals surface area (Å²) in [5.74, 6) is -0.626. The first-order valence-corrected chi connectivity index (χ1v) is 10.3. The highest BCUT2D eigenvalue weighted by Gasteiger charge is 2.22. The van der Waals surface area contributed by atoms with Crippen molar-refractivity contribution in [3.05, 3.63) is 60.2 Å². The van der Waals surface area contributed by atoms with Gasteiger partial charge in [-0.3, -0.25) is 14.4 Å². The standard InChI is InChI=1S/C23H27N3O5/c1-2-30-20-10-8-18(9-11-20)23(29)24-16-22(28)31-17-21(27)26-14-12-25(13-15-26)19-6-4-3-5-7-19/h3-11H,2,12-17H2,1H3,(H,24,29). The van der Waals surface area contributed by atoms with Crippen molar-refractivity contribution < 1.29 is 23.9 Å². The normalized spacial score (nSPS) is 13.5. The van der Waals surface area contributed by atoms with Crippen molar-refractivity contribution in [1.82, 2.24) is 10.2 Å². The lowest BCUT2D eigenvalue weighted by atomic mass is 10.2. The summed E-state index contributed by atoms with van der Waals surface area (Å²) < 4.78 is 10.4. The van der Waals surface area contributed by atoms with Crippen LogP contribution >= 0.6 is 0 Å². The molecule has 0 radical (unpaired) electrons. The first-order valence-electron chi connectivity index (χ1n) is 10.3. The van der Waals surface area contributed by atoms with Gasteiger partial charge in [-0.25, -0.2) is 0 Å². The van der Waals surface area contributed by atoms with E-state index in [1.54, 1.807) is 29.2 Å². The van der Waals surface area contributed by atoms with Crippen molar-refractivity contribution >= 4 is 23.5 Å². The van der Waals surface area contributed by atoms with Gasteiger partial charge in [0.2, 0.25) is 0 Å². The lowest BCUT2D eigenvalue weighted by molar-refractivity contribution is -0.151. The van der Waals surface area contributed by atoms with Gasteiger partial charge in [0, 0.05) is 37.4 Å². The van der Waals surface area contributed by atoms with Crippen molar-refractivity contribution in [2.45, 2.75) is 6.92 Å². The van der Waals surface area contributed by atoms with E-state index in [9.17, 15) is 14.4 Å². The summed E-state index contributed by atoms with van der Waals surface area (Å²) in [5, 5.41) is 2.49. The molecular weight excluding hydrogens is 398 g/mol. The van der Waals surface area contributed by atoms with E-state index < -0.39 is 11.9 Å². The maximum atomic E-state index is 12.3. The van der Waals surface area contributed by atoms with Crippen LogP contribution in [-0.4, -0.2) is 68.6 Å². The molecule has 1 aliphatic heterocycles. The van der Waals surface area contributed by atoms with E-state index in [0.29, 0.717) is 31.0 Å². The third kappa shape index (κ3) is 6.47. The molecule has 1 heterocycles. The third-order valence-electron chi connectivity index (χ3n) is 4.93. The Morgan fingerprint density at radius 2 is 1.61 bits per heavy atom. The van der Waals surface area contributed by atoms with Gasteiger partial charge in [0.15, 0.2) is 6.61 Å². The number of anilines is 1. The molecule has 0 aromatic heterocycles. The summed E-state index contributed by atoms with van der Waals surface area (Å²) in [6.07, 6.45) is 0. The number of rotatable bonds is 8. The van der Waals surface area contributed by atoms with E-state index in [2.05, 4.69) is 10.2 Å². The van der Waals surface area contributed by atoms with Gasteiger partial charge in [-0.15, -0.1) is 0 Å². The zero-order valence-electron chi connectivity index (χ0n) is 17.6. The lowest BCUT2D eigenvalue weighted by Crippen LogP contribution is -2.50. The first kappa shape index (κ1) is 22.1. The summed E-state index contributed by atoms with van der Waals surface area (Å²) in [5.41, 5.74) is 1.54. The molecule has 0 bridgehead atoms. The Kier molecular flexibility index (Phi) is 7.86. The fourth-order valence-electron chi connectivity index (χ4n) is 3.26. The van der Waals surface area contributed by atoms with Crippen LogP contribution in [-0.2, 0) is 14.3 Å². The van der Waals surface area contributed by atoms with Crippen LogP contribution in [0.25, 0.3) is 0 Å². The number of carbonyl (C=O) groups is 3. The molecule has 0 aliphatic carbocycles. The average Bonchev–Trinajstić information content (AvgIpc) is 2.82. The summed E-state index contributed by atoms with van der Waals surface area (Å²) in [7, 11) is 0. The quantitative estimate of drug-likeness (QED) is 0.648. The topological polar surface area (TPSA) is 88.2 Å². The van der Waals surface area contributed by atoms with Crippen LogP contribution < -0.4 is 15.0 Å². The second kappa shape index (κ2) is 11.0. The highest BCUT2D eigenvalue weighted by molar-refractivity contribution is 5.96. The zero-order valence-corrected chi connectivity index (χ0v) is 17.6. The van der Waals surface area contributed by atoms with Gasteiger partial charge in [0.1, 0.15) is 12.3 Å². The van der Waals surface area contributed by atoms with E-state index in [1.165, 1.54) is 0 Å². The number of para-hydroxylation sites is 1. The molecule has 1 N–H and O–H groups in total. The predicted octanol–water partition coefficient (Wildman–Crippen LogP) is 1.71. The van der Waals surface area contributed by atoms with Crippen LogP contribution in [0.3, 0.4) is 0 Å². The van der Waals surface area contributed by atoms with Gasteiger partial charge in [-0.1, -0.05) is 18.2 Å². The van der Waals surface area contributed by atoms with Gasteiger partial charge in [0.05, 0.1) is 6.61 Å². The zero-order chi connectivity index (χ0) is 22.1. The number of piperazine rings is 1. The Morgan fingerprint density at radius 1 is 0.935 bits per heavy atom. The van der Waals surface area contributed by atoms with Crippen molar-refractivity contribution in [3.63, 3.8) is 0 Å². The van der Waals surface area contributed by atoms with Crippen LogP contribution in [0.1, 0.15) is 17.3 Å². The second-order valence-corrected chi connectivity index (χ2v) is 7.00. The molecule has 1 aliphatic rings. The van der Waals surface area contributed by atoms with Crippen LogP contribution in [0.4, 0.5) is 5.69 Å². The number of carbonyl (C=O) groups excluding carboxylic acids is 3. The van der Waals surface area contributed by atoms with Crippen LogP contribution in [0.2, 0.25) is 0 Å². The van der Waals surface area contributed by atoms with Gasteiger partial charge in [-0.2, -0.15) is 0 Å². The Morgan fingerprint density at radius 3 is 2.26 bits per heavy atom. The van der Waals surface area contributed by atoms with E-state index >= 15 is 0 Å². The second-order valence-electron chi connectivity index (χ2n) is 7.00. The summed E-state index contributed by atoms with van der Waals surface area (Å²) >= 11 is 0. The molecule has 1 fully saturated rings. The Bertz CT molecular complexity index is 878. The van der Waals surface area contributed by atoms with Crippen LogP contribution in [0.15, 0.2) is 54.6 Å². The van der Waals surface area contributed by atoms with E-state index in [1.807, 2.05) is 37.3 Å². The summed E-state index contributed by atoms with van der Waals surface area (Å²) in [6.45, 7) is 4.37. The average molecular weight is 425 g/mol. The SMILES string of the molecule is CCOc1ccc(C(=O)NCC(=O)OCC(=O)N2CCN(c3ccccc3)CC2)cc1. The minimum absolute atomic E-state index is 0.237. The largest absolute Gasteiger partial charge is 0.494 e. The first-order chi connectivity index (χ1) is 15.1. The molecule has 2 aromatic rings. The van der Waals surface area contributed by atoms with Crippen molar-refractivity contribution in [2.24, 2.45) is 0 Å². The highest BCUT2D eigenvalue weighted by atomic mass is 16.5. The van der Waals surface area contributed by atoms with E-state index in [0.717, 1.165) is 18.8 Å². The predicted molar refractivity (Wildman–Crippen MR) is 116 cm³/mol. The molecule has 8 nitrogen and oxygen atoms in total. The number of ether oxygens (including phenoxy) is 2. The van der Waals surface area contributed by atoms with Gasteiger partial charge in [0.25, 0.3) is 11.8 Å². The maximum absolute atomic E-state index is 12.3. The number of nitrogens with zero attached hydrogens (tertiary/aromatic N) is 2. The van der Waals surface area contributed by atoms with E-state index in [-0.39, 0.29) is 19.1 Å². The third-order valence-corrected chi connectivity index (χ3v) is 4.93. The van der Waals surface area contributed by atoms with Crippen LogP contribution in [0.5, 0.6) is 5.75 Å². The number of nitrogens with one attached hydrogen (secondary N) is 1. The van der Waals surface area contributed by atoms with Crippen molar-refractivity contribution in [2.75, 3.05) is 50.8 Å². The van der Waals surface area contributed by atoms with E-state index in [4.69, 9.17) is 9.47 Å². The van der Waals surface area contributed by atoms with Gasteiger partial charge in [-0.05, 0) is 43.3 Å². The minimum Gasteiger partial charge on any atom is -0.494 e.